The highest BCUT2D eigenvalue weighted by Gasteiger charge is 2.26. The molecular formula is C25H27N3O3. The number of aromatic nitrogens is 1. The Morgan fingerprint density at radius 2 is 1.71 bits per heavy atom. The first-order valence-electron chi connectivity index (χ1n) is 10.5. The van der Waals surface area contributed by atoms with E-state index in [9.17, 15) is 10.1 Å². The average Bonchev–Trinajstić information content (AvgIpc) is 2.77. The van der Waals surface area contributed by atoms with E-state index < -0.39 is 0 Å². The summed E-state index contributed by atoms with van der Waals surface area (Å²) in [5.41, 5.74) is 3.76. The predicted molar refractivity (Wildman–Crippen MR) is 122 cm³/mol. The Bertz CT molecular complexity index is 1230. The lowest BCUT2D eigenvalue weighted by molar-refractivity contribution is 0.164. The number of methoxy groups -OCH3 is 1. The van der Waals surface area contributed by atoms with Crippen molar-refractivity contribution >= 4 is 16.6 Å². The number of pyridine rings is 1. The lowest BCUT2D eigenvalue weighted by Gasteiger charge is -2.35. The van der Waals surface area contributed by atoms with E-state index in [0.717, 1.165) is 52.1 Å². The van der Waals surface area contributed by atoms with E-state index in [2.05, 4.69) is 17.0 Å². The molecule has 1 aliphatic rings. The smallest absolute Gasteiger partial charge is 0.270 e. The molecule has 0 amide bonds. The molecule has 0 N–H and O–H groups in total. The normalized spacial score (nSPS) is 14.5. The Balaban J connectivity index is 1.62. The molecule has 1 aromatic heterocycles. The van der Waals surface area contributed by atoms with Gasteiger partial charge >= 0.3 is 0 Å². The fraction of sp³-hybridized carbons (Fsp3) is 0.360. The van der Waals surface area contributed by atoms with Gasteiger partial charge in [0.05, 0.1) is 18.3 Å². The lowest BCUT2D eigenvalue weighted by atomic mass is 10.0. The van der Waals surface area contributed by atoms with Crippen LogP contribution in [0.5, 0.6) is 11.5 Å². The van der Waals surface area contributed by atoms with Gasteiger partial charge in [-0.3, -0.25) is 4.79 Å². The highest BCUT2D eigenvalue weighted by Crippen LogP contribution is 2.34. The number of nitrogens with zero attached hydrogens (tertiary/aromatic N) is 3. The number of ether oxygens (including phenoxy) is 2. The van der Waals surface area contributed by atoms with Crippen molar-refractivity contribution in [3.8, 4) is 17.6 Å². The third-order valence-corrected chi connectivity index (χ3v) is 6.01. The van der Waals surface area contributed by atoms with Crippen molar-refractivity contribution in [3.05, 3.63) is 63.4 Å². The third-order valence-electron chi connectivity index (χ3n) is 6.01. The molecule has 0 radical (unpaired) electrons. The molecule has 6 heteroatoms. The standard InChI is InChI=1S/C25H27N3O3/c1-16-5-7-21-19(13-16)24(20(15-26)25(29)27(21)3)28-11-9-18(10-12-28)31-22-8-6-17(2)14-23(22)30-4/h5-8,13-14,18H,9-12H2,1-4H3. The topological polar surface area (TPSA) is 67.5 Å². The molecule has 160 valence electrons. The fourth-order valence-electron chi connectivity index (χ4n) is 4.32. The molecule has 0 spiro atoms. The second-order valence-electron chi connectivity index (χ2n) is 8.18. The summed E-state index contributed by atoms with van der Waals surface area (Å²) in [5.74, 6) is 1.49. The molecule has 3 aromatic rings. The van der Waals surface area contributed by atoms with E-state index >= 15 is 0 Å². The van der Waals surface area contributed by atoms with E-state index in [0.29, 0.717) is 13.1 Å². The summed E-state index contributed by atoms with van der Waals surface area (Å²) in [6.07, 6.45) is 1.65. The largest absolute Gasteiger partial charge is 0.493 e. The molecule has 0 saturated carbocycles. The van der Waals surface area contributed by atoms with Crippen LogP contribution >= 0.6 is 0 Å². The number of anilines is 1. The molecule has 1 aliphatic heterocycles. The molecular weight excluding hydrogens is 390 g/mol. The molecule has 2 aromatic carbocycles. The zero-order valence-electron chi connectivity index (χ0n) is 18.4. The summed E-state index contributed by atoms with van der Waals surface area (Å²) in [7, 11) is 3.37. The van der Waals surface area contributed by atoms with Crippen LogP contribution in [0.25, 0.3) is 10.9 Å². The van der Waals surface area contributed by atoms with Gasteiger partial charge in [0.1, 0.15) is 17.7 Å². The SMILES string of the molecule is COc1cc(C)ccc1OC1CCN(c2c(C#N)c(=O)n(C)c3ccc(C)cc23)CC1. The first-order valence-corrected chi connectivity index (χ1v) is 10.5. The van der Waals surface area contributed by atoms with Gasteiger partial charge in [0.2, 0.25) is 0 Å². The molecule has 1 saturated heterocycles. The molecule has 0 aliphatic carbocycles. The number of hydrogen-bond acceptors (Lipinski definition) is 5. The highest BCUT2D eigenvalue weighted by molar-refractivity contribution is 5.95. The van der Waals surface area contributed by atoms with Crippen LogP contribution in [0.4, 0.5) is 5.69 Å². The van der Waals surface area contributed by atoms with Crippen molar-refractivity contribution in [2.45, 2.75) is 32.8 Å². The van der Waals surface area contributed by atoms with Crippen LogP contribution in [-0.2, 0) is 7.05 Å². The number of rotatable bonds is 4. The molecule has 31 heavy (non-hydrogen) atoms. The number of hydrogen-bond donors (Lipinski definition) is 0. The lowest BCUT2D eigenvalue weighted by Crippen LogP contribution is -2.40. The second-order valence-corrected chi connectivity index (χ2v) is 8.18. The molecule has 1 fully saturated rings. The van der Waals surface area contributed by atoms with Crippen LogP contribution < -0.4 is 19.9 Å². The van der Waals surface area contributed by atoms with E-state index in [-0.39, 0.29) is 17.2 Å². The quantitative estimate of drug-likeness (QED) is 0.640. The van der Waals surface area contributed by atoms with Crippen molar-refractivity contribution in [1.29, 1.82) is 5.26 Å². The molecule has 0 bridgehead atoms. The van der Waals surface area contributed by atoms with Crippen LogP contribution in [0, 0.1) is 25.2 Å². The van der Waals surface area contributed by atoms with Crippen molar-refractivity contribution in [2.75, 3.05) is 25.1 Å². The van der Waals surface area contributed by atoms with Gasteiger partial charge in [-0.25, -0.2) is 0 Å². The van der Waals surface area contributed by atoms with Gasteiger partial charge in [0, 0.05) is 38.4 Å². The number of fused-ring (bicyclic) bond motifs is 1. The van der Waals surface area contributed by atoms with Gasteiger partial charge in [0.15, 0.2) is 11.5 Å². The minimum Gasteiger partial charge on any atom is -0.493 e. The van der Waals surface area contributed by atoms with Gasteiger partial charge in [-0.1, -0.05) is 17.7 Å². The first kappa shape index (κ1) is 20.8. The van der Waals surface area contributed by atoms with Gasteiger partial charge in [-0.15, -0.1) is 0 Å². The third kappa shape index (κ3) is 3.84. The predicted octanol–water partition coefficient (Wildman–Crippen LogP) is 4.08. The Kier molecular flexibility index (Phi) is 5.60. The molecule has 0 atom stereocenters. The van der Waals surface area contributed by atoms with Crippen molar-refractivity contribution in [3.63, 3.8) is 0 Å². The van der Waals surface area contributed by atoms with Crippen LogP contribution in [0.3, 0.4) is 0 Å². The van der Waals surface area contributed by atoms with Gasteiger partial charge < -0.3 is 18.9 Å². The number of aryl methyl sites for hydroxylation is 3. The Labute approximate surface area is 182 Å². The zero-order valence-corrected chi connectivity index (χ0v) is 18.4. The zero-order chi connectivity index (χ0) is 22.1. The average molecular weight is 418 g/mol. The van der Waals surface area contributed by atoms with Crippen molar-refractivity contribution in [1.82, 2.24) is 4.57 Å². The van der Waals surface area contributed by atoms with Crippen LogP contribution in [0.2, 0.25) is 0 Å². The fourth-order valence-corrected chi connectivity index (χ4v) is 4.32. The minimum absolute atomic E-state index is 0.0536. The number of benzene rings is 2. The van der Waals surface area contributed by atoms with E-state index in [1.165, 1.54) is 0 Å². The Morgan fingerprint density at radius 3 is 2.39 bits per heavy atom. The molecule has 4 rings (SSSR count). The van der Waals surface area contributed by atoms with Crippen LogP contribution in [-0.4, -0.2) is 30.9 Å². The maximum absolute atomic E-state index is 12.8. The van der Waals surface area contributed by atoms with Gasteiger partial charge in [0.25, 0.3) is 5.56 Å². The summed E-state index contributed by atoms with van der Waals surface area (Å²) < 4.78 is 13.3. The number of nitriles is 1. The first-order chi connectivity index (χ1) is 14.9. The summed E-state index contributed by atoms with van der Waals surface area (Å²) in [6, 6.07) is 14.1. The summed E-state index contributed by atoms with van der Waals surface area (Å²) in [5, 5.41) is 10.7. The summed E-state index contributed by atoms with van der Waals surface area (Å²) in [6.45, 7) is 5.47. The Hall–Kier alpha value is -3.46. The van der Waals surface area contributed by atoms with Crippen LogP contribution in [0.1, 0.15) is 29.5 Å². The second kappa shape index (κ2) is 8.35. The monoisotopic (exact) mass is 417 g/mol. The van der Waals surface area contributed by atoms with E-state index in [1.54, 1.807) is 18.7 Å². The van der Waals surface area contributed by atoms with Crippen molar-refractivity contribution < 1.29 is 9.47 Å². The minimum atomic E-state index is -0.253. The van der Waals surface area contributed by atoms with Gasteiger partial charge in [-0.05, 0) is 43.7 Å². The Morgan fingerprint density at radius 1 is 1.03 bits per heavy atom. The highest BCUT2D eigenvalue weighted by atomic mass is 16.5. The molecule has 0 unspecified atom stereocenters. The molecule has 2 heterocycles. The van der Waals surface area contributed by atoms with Crippen LogP contribution in [0.15, 0.2) is 41.2 Å². The van der Waals surface area contributed by atoms with E-state index in [4.69, 9.17) is 9.47 Å². The maximum atomic E-state index is 12.8. The summed E-state index contributed by atoms with van der Waals surface area (Å²) in [4.78, 5) is 15.0. The van der Waals surface area contributed by atoms with E-state index in [1.807, 2.05) is 44.2 Å². The molecule has 6 nitrogen and oxygen atoms in total. The maximum Gasteiger partial charge on any atom is 0.270 e. The number of piperidine rings is 1. The summed E-state index contributed by atoms with van der Waals surface area (Å²) >= 11 is 0. The van der Waals surface area contributed by atoms with Crippen molar-refractivity contribution in [2.24, 2.45) is 7.05 Å². The van der Waals surface area contributed by atoms with Gasteiger partial charge in [-0.2, -0.15) is 5.26 Å².